The van der Waals surface area contributed by atoms with E-state index < -0.39 is 0 Å². The maximum Gasteiger partial charge on any atom is 0.241 e. The Labute approximate surface area is 125 Å². The molecule has 1 aromatic carbocycles. The van der Waals surface area contributed by atoms with Crippen LogP contribution in [-0.4, -0.2) is 30.2 Å². The monoisotopic (exact) mass is 288 g/mol. The van der Waals surface area contributed by atoms with Gasteiger partial charge in [-0.25, -0.2) is 0 Å². The van der Waals surface area contributed by atoms with Gasteiger partial charge in [-0.15, -0.1) is 0 Å². The molecule has 1 heterocycles. The van der Waals surface area contributed by atoms with Gasteiger partial charge in [-0.1, -0.05) is 37.1 Å². The Morgan fingerprint density at radius 1 is 1.29 bits per heavy atom. The summed E-state index contributed by atoms with van der Waals surface area (Å²) in [4.78, 5) is 12.5. The third kappa shape index (κ3) is 3.27. The number of aliphatic hydroxyl groups excluding tert-OH is 1. The first-order chi connectivity index (χ1) is 10.3. The van der Waals surface area contributed by atoms with E-state index in [-0.39, 0.29) is 24.0 Å². The first-order valence-corrected chi connectivity index (χ1v) is 8.02. The van der Waals surface area contributed by atoms with Gasteiger partial charge in [0, 0.05) is 19.0 Å². The minimum atomic E-state index is -0.259. The van der Waals surface area contributed by atoms with Crippen molar-refractivity contribution in [2.75, 3.05) is 13.1 Å². The standard InChI is InChI=1S/C17H24N2O2/c20-15-8-4-2-6-13(15)11-19-17(21)16-14-7-3-1-5-12(14)9-10-18-16/h1,3,5,7,13,15-16,18,20H,2,4,6,8-11H2,(H,19,21). The van der Waals surface area contributed by atoms with Crippen LogP contribution in [-0.2, 0) is 11.2 Å². The zero-order valence-corrected chi connectivity index (χ0v) is 12.3. The number of nitrogens with one attached hydrogen (secondary N) is 2. The van der Waals surface area contributed by atoms with Crippen molar-refractivity contribution in [3.05, 3.63) is 35.4 Å². The Hall–Kier alpha value is -1.39. The lowest BCUT2D eigenvalue weighted by molar-refractivity contribution is -0.123. The van der Waals surface area contributed by atoms with E-state index in [0.29, 0.717) is 6.54 Å². The smallest absolute Gasteiger partial charge is 0.241 e. The molecule has 1 aromatic rings. The van der Waals surface area contributed by atoms with Crippen molar-refractivity contribution >= 4 is 5.91 Å². The first kappa shape index (κ1) is 14.5. The number of amides is 1. The summed E-state index contributed by atoms with van der Waals surface area (Å²) in [6, 6.07) is 7.88. The average molecular weight is 288 g/mol. The van der Waals surface area contributed by atoms with Crippen molar-refractivity contribution in [3.8, 4) is 0 Å². The van der Waals surface area contributed by atoms with E-state index in [4.69, 9.17) is 0 Å². The van der Waals surface area contributed by atoms with Crippen LogP contribution < -0.4 is 10.6 Å². The zero-order valence-electron chi connectivity index (χ0n) is 12.3. The SMILES string of the molecule is O=C(NCC1CCCCC1O)C1NCCc2ccccc21. The molecule has 0 spiro atoms. The van der Waals surface area contributed by atoms with Gasteiger partial charge in [0.15, 0.2) is 0 Å². The molecule has 3 unspecified atom stereocenters. The van der Waals surface area contributed by atoms with Gasteiger partial charge in [0.1, 0.15) is 6.04 Å². The first-order valence-electron chi connectivity index (χ1n) is 8.02. The topological polar surface area (TPSA) is 61.4 Å². The summed E-state index contributed by atoms with van der Waals surface area (Å²) in [7, 11) is 0. The lowest BCUT2D eigenvalue weighted by Crippen LogP contribution is -2.44. The minimum absolute atomic E-state index is 0.0277. The lowest BCUT2D eigenvalue weighted by atomic mass is 9.86. The maximum atomic E-state index is 12.5. The van der Waals surface area contributed by atoms with Crippen molar-refractivity contribution in [1.82, 2.24) is 10.6 Å². The second-order valence-electron chi connectivity index (χ2n) is 6.19. The van der Waals surface area contributed by atoms with Gasteiger partial charge in [-0.2, -0.15) is 0 Å². The van der Waals surface area contributed by atoms with Crippen LogP contribution >= 0.6 is 0 Å². The molecule has 2 aliphatic rings. The highest BCUT2D eigenvalue weighted by Gasteiger charge is 2.28. The Morgan fingerprint density at radius 3 is 2.95 bits per heavy atom. The fraction of sp³-hybridized carbons (Fsp3) is 0.588. The molecule has 1 aliphatic carbocycles. The number of aliphatic hydroxyl groups is 1. The summed E-state index contributed by atoms with van der Waals surface area (Å²) >= 11 is 0. The van der Waals surface area contributed by atoms with Crippen LogP contribution in [0, 0.1) is 5.92 Å². The molecule has 21 heavy (non-hydrogen) atoms. The van der Waals surface area contributed by atoms with E-state index in [1.807, 2.05) is 18.2 Å². The van der Waals surface area contributed by atoms with Gasteiger partial charge in [-0.05, 0) is 30.4 Å². The van der Waals surface area contributed by atoms with Crippen molar-refractivity contribution in [1.29, 1.82) is 0 Å². The molecule has 0 bridgehead atoms. The van der Waals surface area contributed by atoms with Gasteiger partial charge in [0.05, 0.1) is 6.10 Å². The summed E-state index contributed by atoms with van der Waals surface area (Å²) in [5.74, 6) is 0.237. The predicted molar refractivity (Wildman–Crippen MR) is 81.9 cm³/mol. The molecule has 1 amide bonds. The molecule has 3 atom stereocenters. The lowest BCUT2D eigenvalue weighted by Gasteiger charge is -2.30. The molecule has 0 radical (unpaired) electrons. The number of hydrogen-bond donors (Lipinski definition) is 3. The molecular formula is C17H24N2O2. The Balaban J connectivity index is 1.61. The molecule has 4 heteroatoms. The summed E-state index contributed by atoms with van der Waals surface area (Å²) in [6.45, 7) is 1.42. The average Bonchev–Trinajstić information content (AvgIpc) is 2.53. The second-order valence-corrected chi connectivity index (χ2v) is 6.19. The highest BCUT2D eigenvalue weighted by molar-refractivity contribution is 5.83. The van der Waals surface area contributed by atoms with Gasteiger partial charge in [0.2, 0.25) is 5.91 Å². The number of rotatable bonds is 3. The van der Waals surface area contributed by atoms with Crippen LogP contribution in [0.3, 0.4) is 0 Å². The summed E-state index contributed by atoms with van der Waals surface area (Å²) in [6.07, 6.45) is 4.85. The van der Waals surface area contributed by atoms with Crippen LogP contribution in [0.5, 0.6) is 0 Å². The summed E-state index contributed by atoms with van der Waals surface area (Å²) < 4.78 is 0. The number of benzene rings is 1. The van der Waals surface area contributed by atoms with Gasteiger partial charge in [-0.3, -0.25) is 4.79 Å². The Morgan fingerprint density at radius 2 is 2.10 bits per heavy atom. The van der Waals surface area contributed by atoms with Crippen LogP contribution in [0.25, 0.3) is 0 Å². The fourth-order valence-electron chi connectivity index (χ4n) is 3.50. The fourth-order valence-corrected chi connectivity index (χ4v) is 3.50. The summed E-state index contributed by atoms with van der Waals surface area (Å²) in [5.41, 5.74) is 2.35. The third-order valence-electron chi connectivity index (χ3n) is 4.78. The molecular weight excluding hydrogens is 264 g/mol. The number of fused-ring (bicyclic) bond motifs is 1. The number of hydrogen-bond acceptors (Lipinski definition) is 3. The molecule has 1 fully saturated rings. The van der Waals surface area contributed by atoms with Crippen LogP contribution in [0.15, 0.2) is 24.3 Å². The largest absolute Gasteiger partial charge is 0.393 e. The van der Waals surface area contributed by atoms with Crippen molar-refractivity contribution in [2.24, 2.45) is 5.92 Å². The zero-order chi connectivity index (χ0) is 14.7. The van der Waals surface area contributed by atoms with Crippen molar-refractivity contribution in [2.45, 2.75) is 44.2 Å². The molecule has 0 aromatic heterocycles. The van der Waals surface area contributed by atoms with Crippen LogP contribution in [0.1, 0.15) is 42.9 Å². The second kappa shape index (κ2) is 6.58. The minimum Gasteiger partial charge on any atom is -0.393 e. The highest BCUT2D eigenvalue weighted by atomic mass is 16.3. The molecule has 1 saturated carbocycles. The number of carbonyl (C=O) groups is 1. The summed E-state index contributed by atoms with van der Waals surface area (Å²) in [5, 5.41) is 16.3. The van der Waals surface area contributed by atoms with E-state index in [2.05, 4.69) is 16.7 Å². The molecule has 0 saturated heterocycles. The Bertz CT molecular complexity index is 503. The molecule has 4 nitrogen and oxygen atoms in total. The van der Waals surface area contributed by atoms with E-state index in [0.717, 1.165) is 44.2 Å². The molecule has 1 aliphatic heterocycles. The van der Waals surface area contributed by atoms with E-state index in [1.54, 1.807) is 0 Å². The van der Waals surface area contributed by atoms with E-state index in [1.165, 1.54) is 5.56 Å². The predicted octanol–water partition coefficient (Wildman–Crippen LogP) is 1.54. The van der Waals surface area contributed by atoms with Gasteiger partial charge < -0.3 is 15.7 Å². The van der Waals surface area contributed by atoms with Gasteiger partial charge >= 0.3 is 0 Å². The van der Waals surface area contributed by atoms with E-state index in [9.17, 15) is 9.90 Å². The van der Waals surface area contributed by atoms with E-state index >= 15 is 0 Å². The third-order valence-corrected chi connectivity index (χ3v) is 4.78. The normalized spacial score (nSPS) is 28.7. The van der Waals surface area contributed by atoms with Crippen molar-refractivity contribution in [3.63, 3.8) is 0 Å². The molecule has 3 N–H and O–H groups in total. The molecule has 3 rings (SSSR count). The quantitative estimate of drug-likeness (QED) is 0.790. The molecule has 114 valence electrons. The van der Waals surface area contributed by atoms with Crippen LogP contribution in [0.4, 0.5) is 0 Å². The highest BCUT2D eigenvalue weighted by Crippen LogP contribution is 2.25. The maximum absolute atomic E-state index is 12.5. The number of carbonyl (C=O) groups excluding carboxylic acids is 1. The Kier molecular flexibility index (Phi) is 4.56. The van der Waals surface area contributed by atoms with Gasteiger partial charge in [0.25, 0.3) is 0 Å². The van der Waals surface area contributed by atoms with Crippen LogP contribution in [0.2, 0.25) is 0 Å². The van der Waals surface area contributed by atoms with Crippen molar-refractivity contribution < 1.29 is 9.90 Å².